The minimum Gasteiger partial charge on any atom is -0.440 e. The molecule has 0 radical (unpaired) electrons. The van der Waals surface area contributed by atoms with E-state index >= 15 is 0 Å². The Morgan fingerprint density at radius 3 is 2.55 bits per heavy atom. The first kappa shape index (κ1) is 32.3. The van der Waals surface area contributed by atoms with Crippen molar-refractivity contribution in [2.75, 3.05) is 18.4 Å². The van der Waals surface area contributed by atoms with Gasteiger partial charge in [-0.3, -0.25) is 29.6 Å². The van der Waals surface area contributed by atoms with Crippen LogP contribution >= 0.6 is 0 Å². The van der Waals surface area contributed by atoms with Gasteiger partial charge in [0.25, 0.3) is 5.91 Å². The lowest BCUT2D eigenvalue weighted by molar-refractivity contribution is -0.141. The van der Waals surface area contributed by atoms with Crippen molar-refractivity contribution in [3.8, 4) is 0 Å². The highest BCUT2D eigenvalue weighted by atomic mass is 19.4. The van der Waals surface area contributed by atoms with E-state index in [4.69, 9.17) is 9.40 Å². The molecule has 4 aromatic rings. The van der Waals surface area contributed by atoms with E-state index < -0.39 is 35.0 Å². The topological polar surface area (TPSA) is 151 Å². The fourth-order valence-corrected chi connectivity index (χ4v) is 6.07. The van der Waals surface area contributed by atoms with Gasteiger partial charge in [-0.15, -0.1) is 0 Å². The van der Waals surface area contributed by atoms with Gasteiger partial charge < -0.3 is 14.8 Å². The molecule has 2 fully saturated rings. The van der Waals surface area contributed by atoms with Gasteiger partial charge in [-0.1, -0.05) is 12.1 Å². The highest BCUT2D eigenvalue weighted by molar-refractivity contribution is 6.04. The third kappa shape index (κ3) is 7.18. The number of nitrogens with zero attached hydrogens (tertiary/aromatic N) is 4. The number of likely N-dealkylation sites (tertiary alicyclic amines) is 1. The molecular weight excluding hydrogens is 617 g/mol. The molecule has 14 heteroatoms. The number of aromatic nitrogens is 3. The fraction of sp³-hybridized carbons (Fsp3) is 0.394. The van der Waals surface area contributed by atoms with Crippen LogP contribution in [-0.4, -0.2) is 55.8 Å². The van der Waals surface area contributed by atoms with Crippen molar-refractivity contribution in [3.63, 3.8) is 0 Å². The molecule has 0 bridgehead atoms. The monoisotopic (exact) mass is 650 g/mol. The molecule has 5 heterocycles. The van der Waals surface area contributed by atoms with E-state index in [0.717, 1.165) is 49.2 Å². The van der Waals surface area contributed by atoms with Crippen LogP contribution in [0.2, 0.25) is 0 Å². The molecule has 3 amide bonds. The van der Waals surface area contributed by atoms with E-state index in [1.807, 2.05) is 6.07 Å². The van der Waals surface area contributed by atoms with Crippen LogP contribution < -0.4 is 10.6 Å². The van der Waals surface area contributed by atoms with Crippen molar-refractivity contribution in [3.05, 3.63) is 82.8 Å². The Labute approximate surface area is 267 Å². The molecule has 11 nitrogen and oxygen atoms in total. The lowest BCUT2D eigenvalue weighted by atomic mass is 9.91. The molecular formula is C33H33F3N6O5. The summed E-state index contributed by atoms with van der Waals surface area (Å²) in [7, 11) is 0. The van der Waals surface area contributed by atoms with Gasteiger partial charge in [-0.05, 0) is 75.5 Å². The van der Waals surface area contributed by atoms with Crippen molar-refractivity contribution in [2.24, 2.45) is 0 Å². The van der Waals surface area contributed by atoms with Crippen LogP contribution in [0.25, 0.3) is 11.1 Å². The van der Waals surface area contributed by atoms with E-state index in [0.29, 0.717) is 41.9 Å². The van der Waals surface area contributed by atoms with Gasteiger partial charge in [-0.2, -0.15) is 13.2 Å². The molecule has 2 saturated heterocycles. The zero-order valence-corrected chi connectivity index (χ0v) is 25.7. The number of rotatable bonds is 7. The third-order valence-corrected chi connectivity index (χ3v) is 8.52. The molecule has 1 unspecified atom stereocenters. The average molecular weight is 651 g/mol. The first-order chi connectivity index (χ1) is 22.2. The quantitative estimate of drug-likeness (QED) is 0.235. The zero-order chi connectivity index (χ0) is 33.5. The summed E-state index contributed by atoms with van der Waals surface area (Å²) in [5, 5.41) is 15.8. The summed E-state index contributed by atoms with van der Waals surface area (Å²) in [6.07, 6.45) is 1.03. The molecule has 246 valence electrons. The van der Waals surface area contributed by atoms with Gasteiger partial charge in [0.15, 0.2) is 11.5 Å². The van der Waals surface area contributed by atoms with E-state index in [2.05, 4.69) is 25.5 Å². The first-order valence-electron chi connectivity index (χ1n) is 15.3. The third-order valence-electron chi connectivity index (χ3n) is 8.52. The van der Waals surface area contributed by atoms with Gasteiger partial charge in [0, 0.05) is 42.9 Å². The van der Waals surface area contributed by atoms with Crippen molar-refractivity contribution in [1.82, 2.24) is 25.2 Å². The predicted molar refractivity (Wildman–Crippen MR) is 163 cm³/mol. The predicted octanol–water partition coefficient (Wildman–Crippen LogP) is 5.02. The molecule has 1 aromatic carbocycles. The highest BCUT2D eigenvalue weighted by Gasteiger charge is 2.34. The molecule has 2 aliphatic rings. The molecule has 47 heavy (non-hydrogen) atoms. The second-order valence-corrected chi connectivity index (χ2v) is 12.5. The summed E-state index contributed by atoms with van der Waals surface area (Å²) in [5.41, 5.74) is 0.0461. The van der Waals surface area contributed by atoms with Gasteiger partial charge in [0.1, 0.15) is 16.9 Å². The summed E-state index contributed by atoms with van der Waals surface area (Å²) in [6, 6.07) is 8.16. The summed E-state index contributed by atoms with van der Waals surface area (Å²) in [6.45, 7) is 5.21. The van der Waals surface area contributed by atoms with Crippen molar-refractivity contribution >= 4 is 34.5 Å². The number of hydrogen-bond donors (Lipinski definition) is 3. The molecule has 2 aliphatic heterocycles. The Morgan fingerprint density at radius 2 is 1.85 bits per heavy atom. The summed E-state index contributed by atoms with van der Waals surface area (Å²) in [4.78, 5) is 51.6. The van der Waals surface area contributed by atoms with Crippen molar-refractivity contribution < 1.29 is 37.1 Å². The number of piperidine rings is 2. The SMILES string of the molecule is CC(C)(O)c1cc2nc(C3CCN(Cc4cncc(C5CCC(=O)NC5=O)c4)CC3)oc2cc1NC(=O)c1cccc(C(F)(F)F)n1. The minimum absolute atomic E-state index is 0.0181. The number of hydrogen-bond acceptors (Lipinski definition) is 9. The lowest BCUT2D eigenvalue weighted by Crippen LogP contribution is -2.39. The fourth-order valence-electron chi connectivity index (χ4n) is 6.07. The maximum absolute atomic E-state index is 13.2. The first-order valence-corrected chi connectivity index (χ1v) is 15.3. The molecule has 1 atom stereocenters. The second-order valence-electron chi connectivity index (χ2n) is 12.5. The second kappa shape index (κ2) is 12.5. The summed E-state index contributed by atoms with van der Waals surface area (Å²) < 4.78 is 45.6. The minimum atomic E-state index is -4.71. The van der Waals surface area contributed by atoms with Crippen LogP contribution in [0, 0.1) is 0 Å². The van der Waals surface area contributed by atoms with E-state index in [1.54, 1.807) is 18.5 Å². The molecule has 3 N–H and O–H groups in total. The molecule has 0 aliphatic carbocycles. The number of amides is 3. The maximum Gasteiger partial charge on any atom is 0.433 e. The molecule has 0 saturated carbocycles. The number of oxazole rings is 1. The standard InChI is InChI=1S/C33H33F3N6O5/c1-32(2,46)22-13-25-26(14-24(22)39-30(45)23-4-3-5-27(38-23)33(34,35)36)47-31(40-25)19-8-10-42(11-9-19)17-18-12-20(16-37-15-18)21-6-7-28(43)41-29(21)44/h3-5,12-16,19,21,46H,6-11,17H2,1-2H3,(H,39,45)(H,41,43,44). The number of carbonyl (C=O) groups is 3. The van der Waals surface area contributed by atoms with Crippen LogP contribution in [0.4, 0.5) is 18.9 Å². The summed E-state index contributed by atoms with van der Waals surface area (Å²) >= 11 is 0. The Morgan fingerprint density at radius 1 is 1.09 bits per heavy atom. The number of alkyl halides is 3. The zero-order valence-electron chi connectivity index (χ0n) is 25.7. The number of aliphatic hydroxyl groups is 1. The van der Waals surface area contributed by atoms with Crippen LogP contribution in [0.5, 0.6) is 0 Å². The maximum atomic E-state index is 13.2. The van der Waals surface area contributed by atoms with Crippen LogP contribution in [0.15, 0.2) is 53.2 Å². The Bertz CT molecular complexity index is 1840. The number of nitrogens with one attached hydrogen (secondary N) is 2. The highest BCUT2D eigenvalue weighted by Crippen LogP contribution is 2.36. The van der Waals surface area contributed by atoms with Crippen LogP contribution in [-0.2, 0) is 27.9 Å². The summed E-state index contributed by atoms with van der Waals surface area (Å²) in [5.74, 6) is -1.28. The van der Waals surface area contributed by atoms with Gasteiger partial charge in [-0.25, -0.2) is 9.97 Å². The average Bonchev–Trinajstić information content (AvgIpc) is 3.43. The van der Waals surface area contributed by atoms with Crippen molar-refractivity contribution in [2.45, 2.75) is 69.7 Å². The normalized spacial score (nSPS) is 18.4. The number of benzene rings is 1. The van der Waals surface area contributed by atoms with Crippen molar-refractivity contribution in [1.29, 1.82) is 0 Å². The van der Waals surface area contributed by atoms with Gasteiger partial charge >= 0.3 is 6.18 Å². The number of anilines is 1. The number of halogens is 3. The number of carbonyl (C=O) groups excluding carboxylic acids is 3. The van der Waals surface area contributed by atoms with Crippen LogP contribution in [0.1, 0.15) is 90.1 Å². The Balaban J connectivity index is 1.15. The molecule has 6 rings (SSSR count). The number of fused-ring (bicyclic) bond motifs is 1. The Kier molecular flexibility index (Phi) is 8.57. The molecule has 0 spiro atoms. The van der Waals surface area contributed by atoms with Crippen LogP contribution in [0.3, 0.4) is 0 Å². The lowest BCUT2D eigenvalue weighted by Gasteiger charge is -2.30. The Hall–Kier alpha value is -4.69. The largest absolute Gasteiger partial charge is 0.440 e. The van der Waals surface area contributed by atoms with Gasteiger partial charge in [0.2, 0.25) is 11.8 Å². The smallest absolute Gasteiger partial charge is 0.433 e. The van der Waals surface area contributed by atoms with Gasteiger partial charge in [0.05, 0.1) is 17.2 Å². The number of imide groups is 1. The number of pyridine rings is 2. The molecule has 3 aromatic heterocycles. The van der Waals surface area contributed by atoms with E-state index in [9.17, 15) is 32.7 Å². The van der Waals surface area contributed by atoms with E-state index in [1.165, 1.54) is 26.0 Å². The van der Waals surface area contributed by atoms with E-state index in [-0.39, 0.29) is 23.4 Å².